The highest BCUT2D eigenvalue weighted by Crippen LogP contribution is 2.63. The van der Waals surface area contributed by atoms with Crippen molar-refractivity contribution < 1.29 is 9.47 Å². The van der Waals surface area contributed by atoms with Crippen molar-refractivity contribution in [1.29, 1.82) is 0 Å². The van der Waals surface area contributed by atoms with Crippen molar-refractivity contribution in [3.63, 3.8) is 0 Å². The van der Waals surface area contributed by atoms with Crippen molar-refractivity contribution in [2.45, 2.75) is 101 Å². The van der Waals surface area contributed by atoms with E-state index in [-0.39, 0.29) is 21.9 Å². The van der Waals surface area contributed by atoms with Crippen LogP contribution in [0, 0.1) is 0 Å². The topological polar surface area (TPSA) is 24.9 Å². The van der Waals surface area contributed by atoms with E-state index in [1.165, 1.54) is 147 Å². The lowest BCUT2D eigenvalue weighted by molar-refractivity contribution is 0.195. The zero-order valence-corrected chi connectivity index (χ0v) is 47.0. The van der Waals surface area contributed by atoms with Crippen LogP contribution in [0.15, 0.2) is 206 Å². The van der Waals surface area contributed by atoms with E-state index in [1.54, 1.807) is 14.2 Å². The summed E-state index contributed by atoms with van der Waals surface area (Å²) in [6.45, 7) is 10.1. The third kappa shape index (κ3) is 6.93. The molecule has 2 saturated carbocycles. The van der Waals surface area contributed by atoms with E-state index in [9.17, 15) is 0 Å². The molecule has 2 aliphatic carbocycles. The summed E-state index contributed by atoms with van der Waals surface area (Å²) in [7, 11) is 3.54. The molecular formula is C76H68N2O2. The Balaban J connectivity index is 0.976. The van der Waals surface area contributed by atoms with Gasteiger partial charge in [-0.3, -0.25) is 0 Å². The molecule has 0 saturated heterocycles. The van der Waals surface area contributed by atoms with Crippen molar-refractivity contribution in [1.82, 2.24) is 0 Å². The molecule has 394 valence electrons. The van der Waals surface area contributed by atoms with Gasteiger partial charge in [-0.15, -0.1) is 0 Å². The van der Waals surface area contributed by atoms with Gasteiger partial charge in [0, 0.05) is 45.7 Å². The molecule has 4 aliphatic rings. The minimum atomic E-state index is -0.0833. The molecule has 4 unspecified atom stereocenters. The Labute approximate surface area is 471 Å². The van der Waals surface area contributed by atoms with Crippen molar-refractivity contribution in [3.8, 4) is 56.0 Å². The molecule has 4 heteroatoms. The lowest BCUT2D eigenvalue weighted by Crippen LogP contribution is -2.54. The van der Waals surface area contributed by atoms with Gasteiger partial charge in [-0.1, -0.05) is 173 Å². The van der Waals surface area contributed by atoms with Gasteiger partial charge in [0.1, 0.15) is 11.5 Å². The van der Waals surface area contributed by atoms with Crippen LogP contribution in [0.5, 0.6) is 11.5 Å². The van der Waals surface area contributed by atoms with Crippen LogP contribution in [0.4, 0.5) is 22.7 Å². The summed E-state index contributed by atoms with van der Waals surface area (Å²) in [6.07, 6.45) is 9.47. The number of fused-ring (bicyclic) bond motifs is 10. The van der Waals surface area contributed by atoms with Crippen molar-refractivity contribution >= 4 is 65.8 Å². The highest BCUT2D eigenvalue weighted by Gasteiger charge is 2.59. The molecule has 11 aromatic rings. The normalized spacial score (nSPS) is 22.1. The first kappa shape index (κ1) is 48.8. The average molecular weight is 1040 g/mol. The van der Waals surface area contributed by atoms with Crippen molar-refractivity contribution in [2.24, 2.45) is 0 Å². The fourth-order valence-corrected chi connectivity index (χ4v) is 16.2. The van der Waals surface area contributed by atoms with Crippen LogP contribution in [0.1, 0.15) is 90.2 Å². The number of rotatable bonds is 8. The maximum absolute atomic E-state index is 5.81. The second-order valence-electron chi connectivity index (χ2n) is 24.5. The van der Waals surface area contributed by atoms with E-state index < -0.39 is 0 Å². The highest BCUT2D eigenvalue weighted by atomic mass is 16.5. The van der Waals surface area contributed by atoms with E-state index >= 15 is 0 Å². The Hall–Kier alpha value is -8.34. The van der Waals surface area contributed by atoms with E-state index in [1.807, 2.05) is 0 Å². The fourth-order valence-electron chi connectivity index (χ4n) is 16.2. The minimum Gasteiger partial charge on any atom is -0.497 e. The number of hydrogen-bond donors (Lipinski definition) is 0. The minimum absolute atomic E-state index is 0.0396. The van der Waals surface area contributed by atoms with Gasteiger partial charge in [-0.25, -0.2) is 0 Å². The first-order valence-corrected chi connectivity index (χ1v) is 29.2. The maximum atomic E-state index is 5.81. The van der Waals surface area contributed by atoms with Gasteiger partial charge < -0.3 is 19.3 Å². The summed E-state index contributed by atoms with van der Waals surface area (Å²) in [5.41, 5.74) is 17.7. The Kier molecular flexibility index (Phi) is 11.0. The lowest BCUT2D eigenvalue weighted by atomic mass is 9.61. The zero-order chi connectivity index (χ0) is 54.1. The van der Waals surface area contributed by atoms with Gasteiger partial charge in [-0.05, 0) is 199 Å². The first-order chi connectivity index (χ1) is 39.0. The number of nitrogens with zero attached hydrogens (tertiary/aromatic N) is 2. The number of ether oxygens (including phenoxy) is 2. The van der Waals surface area contributed by atoms with Gasteiger partial charge in [0.15, 0.2) is 0 Å². The molecule has 11 aromatic carbocycles. The quantitative estimate of drug-likeness (QED) is 0.142. The summed E-state index contributed by atoms with van der Waals surface area (Å²) in [4.78, 5) is 5.30. The third-order valence-corrected chi connectivity index (χ3v) is 20.7. The first-order valence-electron chi connectivity index (χ1n) is 29.2. The van der Waals surface area contributed by atoms with Crippen LogP contribution >= 0.6 is 0 Å². The SMILES string of the molecule is COc1cccc(N2c3ccc(-c4ccc5c(-c6cccc7ccccc67)c6cc(-c7ccc8c(c7)C7(C)CCCCC7(C)N8c7cccc(OC)c7)ccc6c(-c6cccc7ccccc67)c5c4)cc3C3(C)CCCCC23C)c1. The largest absolute Gasteiger partial charge is 0.497 e. The van der Waals surface area contributed by atoms with Crippen molar-refractivity contribution in [2.75, 3.05) is 24.0 Å². The molecule has 4 nitrogen and oxygen atoms in total. The predicted octanol–water partition coefficient (Wildman–Crippen LogP) is 20.5. The van der Waals surface area contributed by atoms with Crippen molar-refractivity contribution in [3.05, 3.63) is 217 Å². The van der Waals surface area contributed by atoms with Gasteiger partial charge in [0.25, 0.3) is 0 Å². The molecule has 0 N–H and O–H groups in total. The summed E-state index contributed by atoms with van der Waals surface area (Å²) >= 11 is 0. The summed E-state index contributed by atoms with van der Waals surface area (Å²) in [6, 6.07) is 78.5. The van der Waals surface area contributed by atoms with E-state index in [4.69, 9.17) is 9.47 Å². The molecule has 0 radical (unpaired) electrons. The van der Waals surface area contributed by atoms with Gasteiger partial charge >= 0.3 is 0 Å². The van der Waals surface area contributed by atoms with Crippen LogP contribution in [-0.2, 0) is 10.8 Å². The molecule has 2 aliphatic heterocycles. The predicted molar refractivity (Wildman–Crippen MR) is 337 cm³/mol. The van der Waals surface area contributed by atoms with Crippen LogP contribution in [-0.4, -0.2) is 25.3 Å². The molecule has 0 spiro atoms. The fraction of sp³-hybridized carbons (Fsp3) is 0.237. The standard InChI is InChI=1S/C76H68N2O2/c1-73-39-11-13-41-75(73,3)77(55-23-17-25-57(47-55)79-5)69-37-33-53(45-67(69)73)51-31-35-63-65(43-51)71(61-29-15-21-49-19-7-9-27-59(49)61)64-36-32-52(44-66(64)72(63)62-30-16-22-50-20-8-10-28-60(50)62)54-34-38-70-68(46-54)74(2)40-12-14-42-76(74,4)78(70)56-24-18-26-58(48-56)80-6/h7-10,15-38,43-48H,11-14,39-42H2,1-6H3. The smallest absolute Gasteiger partial charge is 0.120 e. The molecule has 4 atom stereocenters. The zero-order valence-electron chi connectivity index (χ0n) is 47.0. The molecule has 2 fully saturated rings. The van der Waals surface area contributed by atoms with Crippen LogP contribution in [0.3, 0.4) is 0 Å². The molecule has 2 heterocycles. The second-order valence-corrected chi connectivity index (χ2v) is 24.5. The summed E-state index contributed by atoms with van der Waals surface area (Å²) in [5, 5.41) is 10.0. The Morgan fingerprint density at radius 2 is 0.725 bits per heavy atom. The highest BCUT2D eigenvalue weighted by molar-refractivity contribution is 6.26. The maximum Gasteiger partial charge on any atom is 0.120 e. The van der Waals surface area contributed by atoms with E-state index in [0.29, 0.717) is 0 Å². The average Bonchev–Trinajstić information content (AvgIpc) is 4.05. The van der Waals surface area contributed by atoms with E-state index in [0.717, 1.165) is 37.2 Å². The number of methoxy groups -OCH3 is 2. The van der Waals surface area contributed by atoms with Gasteiger partial charge in [0.05, 0.1) is 25.3 Å². The third-order valence-electron chi connectivity index (χ3n) is 20.7. The number of hydrogen-bond acceptors (Lipinski definition) is 4. The molecule has 80 heavy (non-hydrogen) atoms. The molecular weight excluding hydrogens is 973 g/mol. The Bertz CT molecular complexity index is 4060. The van der Waals surface area contributed by atoms with Crippen LogP contribution < -0.4 is 19.3 Å². The van der Waals surface area contributed by atoms with Crippen LogP contribution in [0.25, 0.3) is 87.6 Å². The number of benzene rings is 11. The molecule has 0 aromatic heterocycles. The molecule has 15 rings (SSSR count). The van der Waals surface area contributed by atoms with Gasteiger partial charge in [-0.2, -0.15) is 0 Å². The summed E-state index contributed by atoms with van der Waals surface area (Å²) < 4.78 is 11.6. The Morgan fingerprint density at radius 3 is 1.18 bits per heavy atom. The van der Waals surface area contributed by atoms with Crippen LogP contribution in [0.2, 0.25) is 0 Å². The van der Waals surface area contributed by atoms with Gasteiger partial charge in [0.2, 0.25) is 0 Å². The molecule has 0 amide bonds. The van der Waals surface area contributed by atoms with E-state index in [2.05, 4.69) is 244 Å². The molecule has 0 bridgehead atoms. The summed E-state index contributed by atoms with van der Waals surface area (Å²) in [5.74, 6) is 1.78. The lowest BCUT2D eigenvalue weighted by Gasteiger charge is -2.50. The Morgan fingerprint density at radius 1 is 0.338 bits per heavy atom. The number of anilines is 4. The second kappa shape index (κ2) is 18.1. The monoisotopic (exact) mass is 1040 g/mol.